The molecule has 0 atom stereocenters. The van der Waals surface area contributed by atoms with E-state index in [1.165, 1.54) is 29.2 Å². The second-order valence-corrected chi connectivity index (χ2v) is 9.63. The summed E-state index contributed by atoms with van der Waals surface area (Å²) in [5, 5.41) is 9.34. The first-order valence-electron chi connectivity index (χ1n) is 12.9. The van der Waals surface area contributed by atoms with Gasteiger partial charge in [0.15, 0.2) is 0 Å². The summed E-state index contributed by atoms with van der Waals surface area (Å²) in [6.45, 7) is 8.08. The minimum absolute atomic E-state index is 0.537. The summed E-state index contributed by atoms with van der Waals surface area (Å²) < 4.78 is 0. The molecule has 2 N–H and O–H groups in total. The maximum atomic E-state index is 5.21. The van der Waals surface area contributed by atoms with Gasteiger partial charge in [-0.1, -0.05) is 36.4 Å². The van der Waals surface area contributed by atoms with E-state index in [1.807, 2.05) is 24.7 Å². The first-order chi connectivity index (χ1) is 18.3. The molecular weight excluding hydrogens is 458 g/mol. The summed E-state index contributed by atoms with van der Waals surface area (Å²) >= 11 is 0. The van der Waals surface area contributed by atoms with Gasteiger partial charge in [-0.25, -0.2) is 4.98 Å². The first kappa shape index (κ1) is 23.3. The second-order valence-electron chi connectivity index (χ2n) is 9.63. The third-order valence-corrected chi connectivity index (χ3v) is 7.07. The Morgan fingerprint density at radius 1 is 1.05 bits per heavy atom. The van der Waals surface area contributed by atoms with Crippen LogP contribution in [0.4, 0.5) is 17.2 Å². The summed E-state index contributed by atoms with van der Waals surface area (Å²) in [4.78, 5) is 21.0. The fraction of sp³-hybridized carbons (Fsp3) is 0.267. The van der Waals surface area contributed by atoms with Gasteiger partial charge in [-0.2, -0.15) is 0 Å². The smallest absolute Gasteiger partial charge is 0.133 e. The number of fused-ring (bicyclic) bond motifs is 1. The zero-order valence-electron chi connectivity index (χ0n) is 20.9. The van der Waals surface area contributed by atoms with Gasteiger partial charge < -0.3 is 15.5 Å². The Hall–Kier alpha value is -4.10. The highest BCUT2D eigenvalue weighted by atomic mass is 15.2. The predicted octanol–water partition coefficient (Wildman–Crippen LogP) is 5.43. The van der Waals surface area contributed by atoms with Gasteiger partial charge in [0.05, 0.1) is 18.4 Å². The highest BCUT2D eigenvalue weighted by Crippen LogP contribution is 2.43. The number of nitrogens with zero attached hydrogens (tertiary/aromatic N) is 5. The van der Waals surface area contributed by atoms with Crippen molar-refractivity contribution in [1.82, 2.24) is 20.2 Å². The van der Waals surface area contributed by atoms with Crippen molar-refractivity contribution < 1.29 is 0 Å². The van der Waals surface area contributed by atoms with Gasteiger partial charge in [-0.15, -0.1) is 0 Å². The fourth-order valence-electron chi connectivity index (χ4n) is 5.03. The summed E-state index contributed by atoms with van der Waals surface area (Å²) in [5.74, 6) is 2.34. The van der Waals surface area contributed by atoms with Crippen LogP contribution in [0.2, 0.25) is 0 Å². The van der Waals surface area contributed by atoms with Crippen LogP contribution in [-0.4, -0.2) is 53.6 Å². The predicted molar refractivity (Wildman–Crippen MR) is 152 cm³/mol. The average Bonchev–Trinajstić information content (AvgIpc) is 3.80. The monoisotopic (exact) mass is 489 g/mol. The molecule has 0 spiro atoms. The minimum atomic E-state index is 0.537. The molecule has 37 heavy (non-hydrogen) atoms. The van der Waals surface area contributed by atoms with Gasteiger partial charge in [0.1, 0.15) is 11.7 Å². The molecule has 2 aliphatic rings. The van der Waals surface area contributed by atoms with E-state index in [0.29, 0.717) is 12.5 Å². The SMILES string of the molecule is C=Nc1cncc(C2CC2)c1C(=NCc1ccnc(Nc2cccc3ccccc23)c1)N1CCNCC1. The Morgan fingerprint density at radius 2 is 1.89 bits per heavy atom. The van der Waals surface area contributed by atoms with Crippen molar-refractivity contribution in [3.05, 3.63) is 89.9 Å². The Bertz CT molecular complexity index is 1450. The molecule has 1 saturated heterocycles. The molecule has 186 valence electrons. The zero-order chi connectivity index (χ0) is 25.0. The number of aromatic nitrogens is 2. The van der Waals surface area contributed by atoms with E-state index < -0.39 is 0 Å². The van der Waals surface area contributed by atoms with Crippen molar-refractivity contribution in [2.75, 3.05) is 31.5 Å². The highest BCUT2D eigenvalue weighted by Gasteiger charge is 2.31. The minimum Gasteiger partial charge on any atom is -0.354 e. The number of pyridine rings is 2. The van der Waals surface area contributed by atoms with Crippen LogP contribution in [0.3, 0.4) is 0 Å². The molecule has 4 aromatic rings. The number of nitrogens with one attached hydrogen (secondary N) is 2. The number of rotatable bonds is 7. The lowest BCUT2D eigenvalue weighted by molar-refractivity contribution is 0.357. The standard InChI is InChI=1S/C30H31N7/c1-31-27-20-33-19-25(23-9-10-23)29(27)30(37-15-13-32-14-16-37)35-18-21-11-12-34-28(17-21)36-26-8-4-6-22-5-2-3-7-24(22)26/h2-8,11-12,17,19-20,23,32H,1,9-10,13-16,18H2,(H,34,36). The van der Waals surface area contributed by atoms with Crippen molar-refractivity contribution >= 4 is 40.5 Å². The molecule has 6 rings (SSSR count). The van der Waals surface area contributed by atoms with Crippen LogP contribution in [0.25, 0.3) is 10.8 Å². The van der Waals surface area contributed by atoms with E-state index in [9.17, 15) is 0 Å². The number of amidine groups is 1. The molecule has 0 bridgehead atoms. The van der Waals surface area contributed by atoms with E-state index in [2.05, 4.69) is 85.7 Å². The molecular formula is C30H31N7. The zero-order valence-corrected chi connectivity index (χ0v) is 20.9. The lowest BCUT2D eigenvalue weighted by Crippen LogP contribution is -2.47. The Morgan fingerprint density at radius 3 is 2.73 bits per heavy atom. The molecule has 2 aromatic heterocycles. The largest absolute Gasteiger partial charge is 0.354 e. The summed E-state index contributed by atoms with van der Waals surface area (Å²) in [6, 6.07) is 18.8. The number of hydrogen-bond donors (Lipinski definition) is 2. The maximum absolute atomic E-state index is 5.21. The van der Waals surface area contributed by atoms with Crippen molar-refractivity contribution in [2.45, 2.75) is 25.3 Å². The Labute approximate surface area is 217 Å². The van der Waals surface area contributed by atoms with Gasteiger partial charge in [0.25, 0.3) is 0 Å². The summed E-state index contributed by atoms with van der Waals surface area (Å²) in [6.07, 6.45) is 8.04. The van der Waals surface area contributed by atoms with E-state index in [-0.39, 0.29) is 0 Å². The number of aliphatic imine (C=N–C) groups is 2. The Kier molecular flexibility index (Phi) is 6.60. The van der Waals surface area contributed by atoms with Crippen LogP contribution in [-0.2, 0) is 6.54 Å². The Balaban J connectivity index is 1.32. The number of hydrogen-bond acceptors (Lipinski definition) is 6. The highest BCUT2D eigenvalue weighted by molar-refractivity contribution is 6.04. The summed E-state index contributed by atoms with van der Waals surface area (Å²) in [5.41, 5.74) is 5.29. The van der Waals surface area contributed by atoms with E-state index in [4.69, 9.17) is 4.99 Å². The van der Waals surface area contributed by atoms with Gasteiger partial charge in [-0.3, -0.25) is 15.0 Å². The molecule has 1 aliphatic heterocycles. The molecule has 0 amide bonds. The molecule has 1 aliphatic carbocycles. The molecule has 3 heterocycles. The summed E-state index contributed by atoms with van der Waals surface area (Å²) in [7, 11) is 0. The van der Waals surface area contributed by atoms with Gasteiger partial charge in [-0.05, 0) is 60.2 Å². The molecule has 7 nitrogen and oxygen atoms in total. The maximum Gasteiger partial charge on any atom is 0.133 e. The van der Waals surface area contributed by atoms with Crippen LogP contribution in [0, 0.1) is 0 Å². The third kappa shape index (κ3) is 5.08. The van der Waals surface area contributed by atoms with Gasteiger partial charge in [0, 0.05) is 55.2 Å². The van der Waals surface area contributed by atoms with Crippen molar-refractivity contribution in [3.8, 4) is 0 Å². The van der Waals surface area contributed by atoms with Crippen LogP contribution in [0.15, 0.2) is 83.2 Å². The second kappa shape index (κ2) is 10.5. The quantitative estimate of drug-likeness (QED) is 0.267. The molecule has 7 heteroatoms. The molecule has 2 aromatic carbocycles. The number of benzene rings is 2. The lowest BCUT2D eigenvalue weighted by atomic mass is 10.0. The van der Waals surface area contributed by atoms with Crippen LogP contribution >= 0.6 is 0 Å². The molecule has 2 fully saturated rings. The number of anilines is 2. The third-order valence-electron chi connectivity index (χ3n) is 7.07. The van der Waals surface area contributed by atoms with E-state index in [0.717, 1.165) is 60.3 Å². The normalized spacial score (nSPS) is 16.1. The van der Waals surface area contributed by atoms with Crippen LogP contribution < -0.4 is 10.6 Å². The van der Waals surface area contributed by atoms with Crippen molar-refractivity contribution in [3.63, 3.8) is 0 Å². The topological polar surface area (TPSA) is 77.8 Å². The van der Waals surface area contributed by atoms with Crippen LogP contribution in [0.1, 0.15) is 35.4 Å². The van der Waals surface area contributed by atoms with Gasteiger partial charge in [0.2, 0.25) is 0 Å². The average molecular weight is 490 g/mol. The van der Waals surface area contributed by atoms with Crippen molar-refractivity contribution in [2.24, 2.45) is 9.98 Å². The fourth-order valence-corrected chi connectivity index (χ4v) is 5.03. The van der Waals surface area contributed by atoms with E-state index >= 15 is 0 Å². The molecule has 0 unspecified atom stereocenters. The van der Waals surface area contributed by atoms with E-state index in [1.54, 1.807) is 0 Å². The van der Waals surface area contributed by atoms with Gasteiger partial charge >= 0.3 is 0 Å². The number of piperazine rings is 1. The first-order valence-corrected chi connectivity index (χ1v) is 12.9. The molecule has 0 radical (unpaired) electrons. The molecule has 1 saturated carbocycles. The van der Waals surface area contributed by atoms with Crippen LogP contribution in [0.5, 0.6) is 0 Å². The van der Waals surface area contributed by atoms with Crippen molar-refractivity contribution in [1.29, 1.82) is 0 Å². The lowest BCUT2D eigenvalue weighted by Gasteiger charge is -2.32.